The lowest BCUT2D eigenvalue weighted by molar-refractivity contribution is -0.139. The van der Waals surface area contributed by atoms with Gasteiger partial charge in [0.2, 0.25) is 0 Å². The lowest BCUT2D eigenvalue weighted by atomic mass is 9.96. The van der Waals surface area contributed by atoms with Crippen molar-refractivity contribution in [3.63, 3.8) is 0 Å². The molecule has 2 N–H and O–H groups in total. The van der Waals surface area contributed by atoms with E-state index in [1.165, 1.54) is 28.0 Å². The third-order valence-corrected chi connectivity index (χ3v) is 6.73. The van der Waals surface area contributed by atoms with Crippen LogP contribution in [0.2, 0.25) is 0 Å². The second-order valence-electron chi connectivity index (χ2n) is 7.96. The summed E-state index contributed by atoms with van der Waals surface area (Å²) in [5, 5.41) is 17.0. The van der Waals surface area contributed by atoms with Gasteiger partial charge in [0.25, 0.3) is 5.56 Å². The monoisotopic (exact) mass is 486 g/mol. The van der Waals surface area contributed by atoms with Gasteiger partial charge >= 0.3 is 5.97 Å². The molecule has 1 aliphatic heterocycles. The van der Waals surface area contributed by atoms with Gasteiger partial charge < -0.3 is 9.84 Å². The molecule has 9 heteroatoms. The highest BCUT2D eigenvalue weighted by atomic mass is 32.1. The Morgan fingerprint density at radius 2 is 1.94 bits per heavy atom. The maximum atomic E-state index is 13.7. The number of carbonyl (C=O) groups is 1. The fourth-order valence-corrected chi connectivity index (χ4v) is 5.18. The van der Waals surface area contributed by atoms with Crippen LogP contribution in [0, 0.1) is 0 Å². The summed E-state index contributed by atoms with van der Waals surface area (Å²) < 4.78 is 7.28. The predicted molar refractivity (Wildman–Crippen MR) is 133 cm³/mol. The lowest BCUT2D eigenvalue weighted by Gasteiger charge is -2.24. The first-order valence-electron chi connectivity index (χ1n) is 11.0. The largest absolute Gasteiger partial charge is 0.508 e. The van der Waals surface area contributed by atoms with Crippen molar-refractivity contribution in [2.45, 2.75) is 19.9 Å². The number of phenolic OH excluding ortho intramolecular Hbond substituents is 1. The summed E-state index contributed by atoms with van der Waals surface area (Å²) in [6.45, 7) is 3.67. The molecule has 0 spiro atoms. The van der Waals surface area contributed by atoms with Crippen LogP contribution in [-0.4, -0.2) is 32.4 Å². The van der Waals surface area contributed by atoms with Crippen molar-refractivity contribution in [2.75, 3.05) is 6.61 Å². The van der Waals surface area contributed by atoms with E-state index in [9.17, 15) is 14.7 Å². The SMILES string of the molecule is CCOC(=O)C1=C(C)N=c2s/c(=C/c3cn[nH]c3-c3ccccc3)c(=O)n2C1c1ccc(O)cc1. The van der Waals surface area contributed by atoms with Crippen LogP contribution >= 0.6 is 11.3 Å². The van der Waals surface area contributed by atoms with Gasteiger partial charge in [-0.2, -0.15) is 5.10 Å². The number of thiazole rings is 1. The van der Waals surface area contributed by atoms with Crippen LogP contribution in [0.5, 0.6) is 5.75 Å². The Morgan fingerprint density at radius 3 is 2.66 bits per heavy atom. The van der Waals surface area contributed by atoms with Crippen LogP contribution in [0.25, 0.3) is 17.3 Å². The van der Waals surface area contributed by atoms with E-state index in [-0.39, 0.29) is 17.9 Å². The number of hydrogen-bond donors (Lipinski definition) is 2. The molecule has 5 rings (SSSR count). The summed E-state index contributed by atoms with van der Waals surface area (Å²) in [6, 6.07) is 15.4. The second-order valence-corrected chi connectivity index (χ2v) is 8.97. The van der Waals surface area contributed by atoms with Crippen LogP contribution in [0.15, 0.2) is 81.9 Å². The standard InChI is InChI=1S/C26H22N4O4S/c1-3-34-25(33)21-15(2)28-26-30(23(21)17-9-11-19(31)12-10-17)24(32)20(35-26)13-18-14-27-29-22(18)16-7-5-4-6-8-16/h4-14,23,31H,3H2,1-2H3,(H,27,29)/b20-13+. The Labute approximate surface area is 204 Å². The zero-order valence-electron chi connectivity index (χ0n) is 19.1. The minimum absolute atomic E-state index is 0.0907. The number of benzene rings is 2. The number of fused-ring (bicyclic) bond motifs is 1. The first kappa shape index (κ1) is 22.5. The Hall–Kier alpha value is -4.24. The number of ether oxygens (including phenoxy) is 1. The molecule has 2 aromatic carbocycles. The maximum Gasteiger partial charge on any atom is 0.338 e. The minimum atomic E-state index is -0.731. The van der Waals surface area contributed by atoms with Crippen LogP contribution in [0.1, 0.15) is 31.0 Å². The third-order valence-electron chi connectivity index (χ3n) is 5.74. The molecule has 4 aromatic rings. The number of phenols is 1. The summed E-state index contributed by atoms with van der Waals surface area (Å²) in [7, 11) is 0. The number of nitrogens with zero attached hydrogens (tertiary/aromatic N) is 3. The van der Waals surface area contributed by atoms with E-state index >= 15 is 0 Å². The van der Waals surface area contributed by atoms with Gasteiger partial charge in [-0.25, -0.2) is 9.79 Å². The van der Waals surface area contributed by atoms with Crippen molar-refractivity contribution in [3.8, 4) is 17.0 Å². The molecule has 1 unspecified atom stereocenters. The molecule has 2 aromatic heterocycles. The molecule has 0 bridgehead atoms. The van der Waals surface area contributed by atoms with E-state index in [1.807, 2.05) is 30.3 Å². The molecule has 1 atom stereocenters. The van der Waals surface area contributed by atoms with E-state index in [0.29, 0.717) is 26.2 Å². The van der Waals surface area contributed by atoms with Crippen molar-refractivity contribution in [1.82, 2.24) is 14.8 Å². The number of aromatic amines is 1. The van der Waals surface area contributed by atoms with Crippen LogP contribution in [0.3, 0.4) is 0 Å². The first-order valence-corrected chi connectivity index (χ1v) is 11.9. The van der Waals surface area contributed by atoms with E-state index in [1.54, 1.807) is 38.3 Å². The van der Waals surface area contributed by atoms with Gasteiger partial charge in [0.1, 0.15) is 5.75 Å². The number of aromatic nitrogens is 3. The van der Waals surface area contributed by atoms with Crippen molar-refractivity contribution in [3.05, 3.63) is 103 Å². The van der Waals surface area contributed by atoms with Crippen LogP contribution in [0.4, 0.5) is 0 Å². The van der Waals surface area contributed by atoms with Gasteiger partial charge in [-0.05, 0) is 37.6 Å². The number of nitrogens with one attached hydrogen (secondary N) is 1. The zero-order chi connectivity index (χ0) is 24.5. The Morgan fingerprint density at radius 1 is 1.20 bits per heavy atom. The highest BCUT2D eigenvalue weighted by Gasteiger charge is 2.33. The van der Waals surface area contributed by atoms with E-state index in [4.69, 9.17) is 4.74 Å². The molecule has 0 saturated carbocycles. The molecular formula is C26H22N4O4S. The summed E-state index contributed by atoms with van der Waals surface area (Å²) in [5.41, 5.74) is 3.69. The maximum absolute atomic E-state index is 13.7. The number of aromatic hydroxyl groups is 1. The third kappa shape index (κ3) is 4.10. The zero-order valence-corrected chi connectivity index (χ0v) is 19.9. The van der Waals surface area contributed by atoms with Gasteiger partial charge in [0, 0.05) is 11.1 Å². The number of allylic oxidation sites excluding steroid dienone is 1. The number of rotatable bonds is 5. The van der Waals surface area contributed by atoms with Gasteiger partial charge in [0.05, 0.1) is 40.3 Å². The van der Waals surface area contributed by atoms with Crippen molar-refractivity contribution in [1.29, 1.82) is 0 Å². The Balaban J connectivity index is 1.70. The van der Waals surface area contributed by atoms with Gasteiger partial charge in [-0.15, -0.1) is 0 Å². The molecule has 0 saturated heterocycles. The van der Waals surface area contributed by atoms with E-state index in [0.717, 1.165) is 16.8 Å². The molecule has 35 heavy (non-hydrogen) atoms. The molecule has 0 amide bonds. The topological polar surface area (TPSA) is 110 Å². The summed E-state index contributed by atoms with van der Waals surface area (Å²) in [5.74, 6) is -0.435. The molecule has 8 nitrogen and oxygen atoms in total. The highest BCUT2D eigenvalue weighted by Crippen LogP contribution is 2.31. The van der Waals surface area contributed by atoms with Crippen LogP contribution in [-0.2, 0) is 9.53 Å². The molecule has 0 fully saturated rings. The summed E-state index contributed by atoms with van der Waals surface area (Å²) in [6.07, 6.45) is 3.46. The van der Waals surface area contributed by atoms with Crippen LogP contribution < -0.4 is 14.9 Å². The molecule has 0 radical (unpaired) electrons. The van der Waals surface area contributed by atoms with Crippen molar-refractivity contribution < 1.29 is 14.6 Å². The average molecular weight is 487 g/mol. The Kier molecular flexibility index (Phi) is 5.92. The molecular weight excluding hydrogens is 464 g/mol. The molecule has 1 aliphatic rings. The van der Waals surface area contributed by atoms with Gasteiger partial charge in [0.15, 0.2) is 4.80 Å². The molecule has 176 valence electrons. The van der Waals surface area contributed by atoms with Crippen molar-refractivity contribution in [2.24, 2.45) is 4.99 Å². The fraction of sp³-hybridized carbons (Fsp3) is 0.154. The lowest BCUT2D eigenvalue weighted by Crippen LogP contribution is -2.39. The normalized spacial score (nSPS) is 15.6. The van der Waals surface area contributed by atoms with Gasteiger partial charge in [-0.1, -0.05) is 53.8 Å². The van der Waals surface area contributed by atoms with Crippen molar-refractivity contribution >= 4 is 23.4 Å². The number of esters is 1. The molecule has 3 heterocycles. The quantitative estimate of drug-likeness (QED) is 0.422. The summed E-state index contributed by atoms with van der Waals surface area (Å²) >= 11 is 1.25. The number of H-pyrrole nitrogens is 1. The predicted octanol–water partition coefficient (Wildman–Crippen LogP) is 2.89. The first-order chi connectivity index (χ1) is 17.0. The van der Waals surface area contributed by atoms with E-state index < -0.39 is 12.0 Å². The fourth-order valence-electron chi connectivity index (χ4n) is 4.15. The number of carbonyl (C=O) groups excluding carboxylic acids is 1. The summed E-state index contributed by atoms with van der Waals surface area (Å²) in [4.78, 5) is 31.7. The minimum Gasteiger partial charge on any atom is -0.508 e. The highest BCUT2D eigenvalue weighted by molar-refractivity contribution is 7.07. The Bertz CT molecular complexity index is 1610. The van der Waals surface area contributed by atoms with Gasteiger partial charge in [-0.3, -0.25) is 14.5 Å². The second kappa shape index (κ2) is 9.19. The van der Waals surface area contributed by atoms with E-state index in [2.05, 4.69) is 15.2 Å². The smallest absolute Gasteiger partial charge is 0.338 e. The molecule has 0 aliphatic carbocycles. The average Bonchev–Trinajstić information content (AvgIpc) is 3.44. The number of hydrogen-bond acceptors (Lipinski definition) is 7.